The van der Waals surface area contributed by atoms with Crippen LogP contribution in [0.15, 0.2) is 27.8 Å². The predicted octanol–water partition coefficient (Wildman–Crippen LogP) is 1.95. The summed E-state index contributed by atoms with van der Waals surface area (Å²) in [5.74, 6) is -0.137. The van der Waals surface area contributed by atoms with Crippen LogP contribution < -0.4 is 10.5 Å². The summed E-state index contributed by atoms with van der Waals surface area (Å²) in [5.41, 5.74) is 1.02. The molecule has 108 valence electrons. The van der Waals surface area contributed by atoms with Crippen molar-refractivity contribution in [2.75, 3.05) is 0 Å². The summed E-state index contributed by atoms with van der Waals surface area (Å²) in [6, 6.07) is 5.04. The minimum atomic E-state index is -3.67. The minimum Gasteiger partial charge on any atom is -0.346 e. The molecule has 0 atom stereocenters. The number of carbonyl (C=O) groups excluding carboxylic acids is 1. The lowest BCUT2D eigenvalue weighted by Crippen LogP contribution is -2.22. The molecule has 2 heterocycles. The summed E-state index contributed by atoms with van der Waals surface area (Å²) in [6.07, 6.45) is 0.806. The fourth-order valence-electron chi connectivity index (χ4n) is 1.67. The number of rotatable bonds is 5. The highest BCUT2D eigenvalue weighted by Gasteiger charge is 2.14. The van der Waals surface area contributed by atoms with Crippen molar-refractivity contribution in [2.24, 2.45) is 5.14 Å². The van der Waals surface area contributed by atoms with Gasteiger partial charge in [-0.1, -0.05) is 6.92 Å². The van der Waals surface area contributed by atoms with Crippen molar-refractivity contribution < 1.29 is 13.2 Å². The first-order valence-corrected chi connectivity index (χ1v) is 9.12. The molecule has 0 bridgehead atoms. The maximum Gasteiger partial charge on any atom is 0.261 e. The van der Waals surface area contributed by atoms with Gasteiger partial charge in [-0.3, -0.25) is 4.79 Å². The van der Waals surface area contributed by atoms with Crippen molar-refractivity contribution in [3.05, 3.63) is 38.9 Å². The lowest BCUT2D eigenvalue weighted by atomic mass is 10.2. The number of sulfonamides is 1. The third-order valence-electron chi connectivity index (χ3n) is 2.67. The van der Waals surface area contributed by atoms with Gasteiger partial charge < -0.3 is 5.32 Å². The van der Waals surface area contributed by atoms with Gasteiger partial charge in [0, 0.05) is 4.88 Å². The Morgan fingerprint density at radius 2 is 2.10 bits per heavy atom. The standard InChI is InChI=1S/C12H14N2O3S3/c1-2-8-5-6-18-11(8)12(15)14-7-9-3-4-10(19-9)20(13,16)17/h3-6H,2,7H2,1H3,(H,14,15)(H2,13,16,17). The number of thiophene rings is 2. The lowest BCUT2D eigenvalue weighted by Gasteiger charge is -2.03. The van der Waals surface area contributed by atoms with E-state index in [1.54, 1.807) is 6.07 Å². The van der Waals surface area contributed by atoms with Crippen LogP contribution in [-0.4, -0.2) is 14.3 Å². The molecule has 0 unspecified atom stereocenters. The van der Waals surface area contributed by atoms with E-state index in [0.717, 1.165) is 28.2 Å². The van der Waals surface area contributed by atoms with Crippen molar-refractivity contribution in [2.45, 2.75) is 24.1 Å². The fraction of sp³-hybridized carbons (Fsp3) is 0.250. The smallest absolute Gasteiger partial charge is 0.261 e. The van der Waals surface area contributed by atoms with Crippen LogP contribution in [0.2, 0.25) is 0 Å². The Kier molecular flexibility index (Phi) is 4.59. The van der Waals surface area contributed by atoms with Crippen LogP contribution in [0.1, 0.15) is 27.0 Å². The Morgan fingerprint density at radius 1 is 1.35 bits per heavy atom. The van der Waals surface area contributed by atoms with Crippen LogP contribution in [0.4, 0.5) is 0 Å². The number of aryl methyl sites for hydroxylation is 1. The number of nitrogens with two attached hydrogens (primary N) is 1. The molecule has 0 radical (unpaired) electrons. The average molecular weight is 330 g/mol. The first kappa shape index (κ1) is 15.2. The normalized spacial score (nSPS) is 11.5. The summed E-state index contributed by atoms with van der Waals surface area (Å²) in [6.45, 7) is 2.29. The van der Waals surface area contributed by atoms with Crippen molar-refractivity contribution in [1.82, 2.24) is 5.32 Å². The van der Waals surface area contributed by atoms with Gasteiger partial charge >= 0.3 is 0 Å². The molecule has 2 aromatic heterocycles. The summed E-state index contributed by atoms with van der Waals surface area (Å²) < 4.78 is 22.4. The van der Waals surface area contributed by atoms with Crippen LogP contribution in [0.5, 0.6) is 0 Å². The minimum absolute atomic E-state index is 0.104. The topological polar surface area (TPSA) is 89.3 Å². The molecule has 0 saturated carbocycles. The van der Waals surface area contributed by atoms with E-state index in [2.05, 4.69) is 5.32 Å². The van der Waals surface area contributed by atoms with Crippen LogP contribution in [0.25, 0.3) is 0 Å². The quantitative estimate of drug-likeness (QED) is 0.878. The molecular formula is C12H14N2O3S3. The number of carbonyl (C=O) groups is 1. The van der Waals surface area contributed by atoms with Crippen LogP contribution in [0.3, 0.4) is 0 Å². The van der Waals surface area contributed by atoms with Gasteiger partial charge in [0.1, 0.15) is 4.21 Å². The highest BCUT2D eigenvalue weighted by atomic mass is 32.2. The molecule has 8 heteroatoms. The van der Waals surface area contributed by atoms with E-state index in [-0.39, 0.29) is 10.1 Å². The zero-order valence-corrected chi connectivity index (χ0v) is 13.2. The number of hydrogen-bond donors (Lipinski definition) is 2. The van der Waals surface area contributed by atoms with Gasteiger partial charge in [0.15, 0.2) is 0 Å². The van der Waals surface area contributed by atoms with E-state index in [4.69, 9.17) is 5.14 Å². The third kappa shape index (κ3) is 3.45. The van der Waals surface area contributed by atoms with Crippen LogP contribution in [0, 0.1) is 0 Å². The summed E-state index contributed by atoms with van der Waals surface area (Å²) >= 11 is 2.47. The van der Waals surface area contributed by atoms with Gasteiger partial charge in [-0.25, -0.2) is 13.6 Å². The number of primary sulfonamides is 1. The molecule has 20 heavy (non-hydrogen) atoms. The van der Waals surface area contributed by atoms with E-state index in [1.807, 2.05) is 18.4 Å². The largest absolute Gasteiger partial charge is 0.346 e. The second-order valence-electron chi connectivity index (χ2n) is 4.08. The molecule has 0 fully saturated rings. The highest BCUT2D eigenvalue weighted by molar-refractivity contribution is 7.91. The van der Waals surface area contributed by atoms with Gasteiger partial charge in [0.25, 0.3) is 5.91 Å². The van der Waals surface area contributed by atoms with Crippen LogP contribution >= 0.6 is 22.7 Å². The zero-order chi connectivity index (χ0) is 14.8. The van der Waals surface area contributed by atoms with Crippen molar-refractivity contribution in [3.8, 4) is 0 Å². The molecule has 5 nitrogen and oxygen atoms in total. The lowest BCUT2D eigenvalue weighted by molar-refractivity contribution is 0.0954. The summed E-state index contributed by atoms with van der Waals surface area (Å²) in [4.78, 5) is 13.5. The monoisotopic (exact) mass is 330 g/mol. The molecule has 2 rings (SSSR count). The van der Waals surface area contributed by atoms with Gasteiger partial charge in [-0.15, -0.1) is 22.7 Å². The average Bonchev–Trinajstić information content (AvgIpc) is 3.03. The Balaban J connectivity index is 2.02. The fourth-order valence-corrected chi connectivity index (χ4v) is 4.30. The van der Waals surface area contributed by atoms with E-state index >= 15 is 0 Å². The maximum atomic E-state index is 12.0. The Bertz CT molecular complexity index is 716. The van der Waals surface area contributed by atoms with E-state index in [0.29, 0.717) is 11.4 Å². The van der Waals surface area contributed by atoms with Crippen molar-refractivity contribution in [1.29, 1.82) is 0 Å². The Morgan fingerprint density at radius 3 is 2.70 bits per heavy atom. The van der Waals surface area contributed by atoms with E-state index in [9.17, 15) is 13.2 Å². The maximum absolute atomic E-state index is 12.0. The van der Waals surface area contributed by atoms with Crippen LogP contribution in [-0.2, 0) is 23.0 Å². The molecule has 0 aliphatic rings. The first-order valence-electron chi connectivity index (χ1n) is 5.88. The number of hydrogen-bond acceptors (Lipinski definition) is 5. The van der Waals surface area contributed by atoms with E-state index in [1.165, 1.54) is 17.4 Å². The molecule has 3 N–H and O–H groups in total. The second kappa shape index (κ2) is 6.04. The highest BCUT2D eigenvalue weighted by Crippen LogP contribution is 2.21. The molecule has 1 amide bonds. The summed E-state index contributed by atoms with van der Waals surface area (Å²) in [5, 5.41) is 9.71. The Hall–Kier alpha value is -1.22. The van der Waals surface area contributed by atoms with E-state index < -0.39 is 10.0 Å². The number of amides is 1. The zero-order valence-electron chi connectivity index (χ0n) is 10.8. The third-order valence-corrected chi connectivity index (χ3v) is 6.15. The summed E-state index contributed by atoms with van der Waals surface area (Å²) in [7, 11) is -3.67. The van der Waals surface area contributed by atoms with Gasteiger partial charge in [-0.2, -0.15) is 0 Å². The molecule has 0 aromatic carbocycles. The molecule has 0 spiro atoms. The van der Waals surface area contributed by atoms with Gasteiger partial charge in [0.05, 0.1) is 11.4 Å². The van der Waals surface area contributed by atoms with Gasteiger partial charge in [0.2, 0.25) is 10.0 Å². The molecule has 2 aromatic rings. The molecule has 0 aliphatic carbocycles. The molecule has 0 aliphatic heterocycles. The van der Waals surface area contributed by atoms with Gasteiger partial charge in [-0.05, 0) is 35.6 Å². The SMILES string of the molecule is CCc1ccsc1C(=O)NCc1ccc(S(N)(=O)=O)s1. The van der Waals surface area contributed by atoms with Crippen molar-refractivity contribution in [3.63, 3.8) is 0 Å². The molecule has 0 saturated heterocycles. The molecular weight excluding hydrogens is 316 g/mol. The van der Waals surface area contributed by atoms with Crippen molar-refractivity contribution >= 4 is 38.6 Å². The number of nitrogens with one attached hydrogen (secondary N) is 1. The second-order valence-corrected chi connectivity index (χ2v) is 7.95. The predicted molar refractivity (Wildman–Crippen MR) is 80.6 cm³/mol. The Labute approximate surface area is 125 Å². The first-order chi connectivity index (χ1) is 9.41.